The van der Waals surface area contributed by atoms with Crippen LogP contribution in [0.25, 0.3) is 28.3 Å². The van der Waals surface area contributed by atoms with Crippen LogP contribution in [0.1, 0.15) is 11.1 Å². The van der Waals surface area contributed by atoms with Gasteiger partial charge in [0, 0.05) is 23.2 Å². The molecule has 3 aromatic heterocycles. The lowest BCUT2D eigenvalue weighted by Crippen LogP contribution is -2.50. The average molecular weight is 366 g/mol. The van der Waals surface area contributed by atoms with Gasteiger partial charge in [0.2, 0.25) is 5.71 Å². The van der Waals surface area contributed by atoms with Crippen molar-refractivity contribution in [1.82, 2.24) is 4.98 Å². The molecule has 0 spiro atoms. The summed E-state index contributed by atoms with van der Waals surface area (Å²) < 4.78 is 8.29. The summed E-state index contributed by atoms with van der Waals surface area (Å²) in [4.78, 5) is 6.64. The molecule has 136 valence electrons. The first kappa shape index (κ1) is 16.8. The van der Waals surface area contributed by atoms with E-state index in [1.54, 1.807) is 6.20 Å². The first-order valence-corrected chi connectivity index (χ1v) is 9.53. The third-order valence-electron chi connectivity index (χ3n) is 5.53. The van der Waals surface area contributed by atoms with Gasteiger partial charge in [-0.2, -0.15) is 0 Å². The normalized spacial score (nSPS) is 13.2. The molecule has 4 aromatic rings. The van der Waals surface area contributed by atoms with Gasteiger partial charge in [0.15, 0.2) is 0 Å². The fourth-order valence-corrected chi connectivity index (χ4v) is 4.09. The number of rotatable bonds is 2. The van der Waals surface area contributed by atoms with Crippen molar-refractivity contribution in [3.8, 4) is 11.1 Å². The van der Waals surface area contributed by atoms with Gasteiger partial charge in [0.1, 0.15) is 5.66 Å². The number of benzene rings is 1. The summed E-state index contributed by atoms with van der Waals surface area (Å²) in [6.07, 6.45) is 8.24. The second-order valence-corrected chi connectivity index (χ2v) is 7.34. The highest BCUT2D eigenvalue weighted by atomic mass is 16.3. The molecule has 1 aromatic carbocycles. The van der Waals surface area contributed by atoms with Crippen LogP contribution >= 0.6 is 0 Å². The number of anilines is 1. The Hall–Kier alpha value is -3.34. The number of aromatic nitrogens is 2. The van der Waals surface area contributed by atoms with E-state index < -0.39 is 0 Å². The Balaban J connectivity index is 1.62. The number of pyridine rings is 2. The molecule has 28 heavy (non-hydrogen) atoms. The zero-order valence-corrected chi connectivity index (χ0v) is 16.3. The summed E-state index contributed by atoms with van der Waals surface area (Å²) >= 11 is 0. The number of furan rings is 1. The molecule has 1 aliphatic rings. The van der Waals surface area contributed by atoms with Crippen molar-refractivity contribution < 1.29 is 8.98 Å². The van der Waals surface area contributed by atoms with E-state index in [0.29, 0.717) is 5.71 Å². The lowest BCUT2D eigenvalue weighted by atomic mass is 9.58. The van der Waals surface area contributed by atoms with Gasteiger partial charge >= 0.3 is 6.85 Å². The van der Waals surface area contributed by atoms with Gasteiger partial charge in [-0.05, 0) is 48.6 Å². The van der Waals surface area contributed by atoms with Gasteiger partial charge < -0.3 is 4.42 Å². The fourth-order valence-electron chi connectivity index (χ4n) is 4.09. The van der Waals surface area contributed by atoms with E-state index in [4.69, 9.17) is 4.42 Å². The molecular formula is C23H21BN3O+. The first-order chi connectivity index (χ1) is 13.6. The topological polar surface area (TPSA) is 33.2 Å². The third kappa shape index (κ3) is 2.54. The van der Waals surface area contributed by atoms with E-state index in [9.17, 15) is 0 Å². The van der Waals surface area contributed by atoms with E-state index in [-0.39, 0.29) is 6.85 Å². The van der Waals surface area contributed by atoms with Gasteiger partial charge in [0.05, 0.1) is 19.4 Å². The minimum absolute atomic E-state index is 0.0757. The number of hydrogen-bond donors (Lipinski definition) is 0. The molecule has 0 N–H and O–H groups in total. The molecule has 0 bridgehead atoms. The molecule has 0 saturated heterocycles. The summed E-state index contributed by atoms with van der Waals surface area (Å²) in [6.45, 7) is 4.41. The number of nitrogens with zero attached hydrogens (tertiary/aromatic N) is 3. The second-order valence-electron chi connectivity index (χ2n) is 7.34. The maximum Gasteiger partial charge on any atom is 0.447 e. The fraction of sp³-hybridized carbons (Fsp3) is 0.130. The predicted molar refractivity (Wildman–Crippen MR) is 115 cm³/mol. The Morgan fingerprint density at radius 1 is 1.11 bits per heavy atom. The molecule has 0 aliphatic carbocycles. The van der Waals surface area contributed by atoms with Crippen LogP contribution in [0.2, 0.25) is 6.82 Å². The number of hydrogen-bond acceptors (Lipinski definition) is 3. The van der Waals surface area contributed by atoms with Gasteiger partial charge in [-0.15, -0.1) is 0 Å². The largest absolute Gasteiger partial charge is 0.447 e. The van der Waals surface area contributed by atoms with Crippen LogP contribution in [0.5, 0.6) is 0 Å². The summed E-state index contributed by atoms with van der Waals surface area (Å²) in [5.74, 6) is 1.12. The molecule has 0 saturated carbocycles. The Kier molecular flexibility index (Phi) is 3.83. The predicted octanol–water partition coefficient (Wildman–Crippen LogP) is 3.95. The smallest absolute Gasteiger partial charge is 0.447 e. The van der Waals surface area contributed by atoms with Crippen LogP contribution in [0.15, 0.2) is 71.5 Å². The number of aryl methyl sites for hydroxylation is 2. The minimum Gasteiger partial charge on any atom is -0.447 e. The summed E-state index contributed by atoms with van der Waals surface area (Å²) in [5.41, 5.74) is 6.50. The highest BCUT2D eigenvalue weighted by Crippen LogP contribution is 2.29. The van der Waals surface area contributed by atoms with Gasteiger partial charge in [-0.1, -0.05) is 30.3 Å². The molecule has 0 radical (unpaired) electrons. The van der Waals surface area contributed by atoms with Crippen molar-refractivity contribution in [1.29, 1.82) is 0 Å². The van der Waals surface area contributed by atoms with Crippen molar-refractivity contribution in [3.05, 3.63) is 78.3 Å². The van der Waals surface area contributed by atoms with Crippen molar-refractivity contribution in [2.24, 2.45) is 7.05 Å². The van der Waals surface area contributed by atoms with Crippen LogP contribution in [0, 0.1) is 6.92 Å². The molecule has 0 atom stereocenters. The molecule has 5 rings (SSSR count). The van der Waals surface area contributed by atoms with E-state index in [1.165, 1.54) is 16.7 Å². The third-order valence-corrected chi connectivity index (χ3v) is 5.53. The van der Waals surface area contributed by atoms with Crippen LogP contribution in [-0.4, -0.2) is 11.8 Å². The molecule has 5 heteroatoms. The van der Waals surface area contributed by atoms with Crippen molar-refractivity contribution >= 4 is 35.5 Å². The van der Waals surface area contributed by atoms with Crippen molar-refractivity contribution in [3.63, 3.8) is 0 Å². The molecular weight excluding hydrogens is 345 g/mol. The van der Waals surface area contributed by atoms with Crippen LogP contribution < -0.4 is 15.0 Å². The molecule has 4 nitrogen and oxygen atoms in total. The van der Waals surface area contributed by atoms with Crippen molar-refractivity contribution in [2.45, 2.75) is 13.7 Å². The maximum absolute atomic E-state index is 6.12. The first-order valence-electron chi connectivity index (χ1n) is 9.53. The van der Waals surface area contributed by atoms with Gasteiger partial charge in [0.25, 0.3) is 5.82 Å². The molecule has 4 heterocycles. The van der Waals surface area contributed by atoms with Gasteiger partial charge in [-0.25, -0.2) is 9.55 Å². The van der Waals surface area contributed by atoms with Crippen LogP contribution in [-0.2, 0) is 7.05 Å². The number of fused-ring (bicyclic) bond motifs is 3. The van der Waals surface area contributed by atoms with E-state index in [2.05, 4.69) is 96.1 Å². The monoisotopic (exact) mass is 366 g/mol. The zero-order valence-electron chi connectivity index (χ0n) is 16.3. The second kappa shape index (κ2) is 6.38. The van der Waals surface area contributed by atoms with Crippen LogP contribution in [0.3, 0.4) is 0 Å². The Morgan fingerprint density at radius 2 is 1.93 bits per heavy atom. The van der Waals surface area contributed by atoms with Crippen LogP contribution in [0.4, 0.5) is 5.82 Å². The average Bonchev–Trinajstić information content (AvgIpc) is 3.09. The van der Waals surface area contributed by atoms with E-state index in [1.807, 2.05) is 6.07 Å². The highest BCUT2D eigenvalue weighted by molar-refractivity contribution is 6.76. The van der Waals surface area contributed by atoms with Crippen molar-refractivity contribution in [2.75, 3.05) is 4.81 Å². The zero-order chi connectivity index (χ0) is 19.3. The summed E-state index contributed by atoms with van der Waals surface area (Å²) in [5, 5.41) is 1.07. The molecule has 0 amide bonds. The summed E-state index contributed by atoms with van der Waals surface area (Å²) in [6, 6.07) is 16.8. The molecule has 1 aliphatic heterocycles. The quantitative estimate of drug-likeness (QED) is 0.398. The Labute approximate surface area is 164 Å². The maximum atomic E-state index is 6.12. The Morgan fingerprint density at radius 3 is 2.75 bits per heavy atom. The lowest BCUT2D eigenvalue weighted by molar-refractivity contribution is -0.658. The van der Waals surface area contributed by atoms with E-state index in [0.717, 1.165) is 22.4 Å². The standard InChI is InChI=1S/C23H21BN3O/c1-16-15-26(3)21(14-20(16)17-8-5-4-6-9-17)27-13-11-18-19-10-7-12-25-23(19)28-22(18)24(27)2/h4-15H,1-3H3/q+1. The Bertz CT molecular complexity index is 1210. The van der Waals surface area contributed by atoms with E-state index >= 15 is 0 Å². The van der Waals surface area contributed by atoms with Gasteiger partial charge in [-0.3, -0.25) is 4.81 Å². The lowest BCUT2D eigenvalue weighted by Gasteiger charge is -2.22. The minimum atomic E-state index is 0.0757. The summed E-state index contributed by atoms with van der Waals surface area (Å²) in [7, 11) is 2.09. The molecule has 0 fully saturated rings. The molecule has 0 unspecified atom stereocenters. The highest BCUT2D eigenvalue weighted by Gasteiger charge is 2.38. The SMILES string of the molecule is CB1c2oc3ncccc3c2C=CN1c1cc(-c2ccccc2)c(C)c[n+]1C.